The highest BCUT2D eigenvalue weighted by Gasteiger charge is 2.55. The van der Waals surface area contributed by atoms with E-state index in [1.54, 1.807) is 0 Å². The number of alkyl halides is 2. The van der Waals surface area contributed by atoms with Gasteiger partial charge < -0.3 is 9.64 Å². The molecule has 0 aromatic carbocycles. The summed E-state index contributed by atoms with van der Waals surface area (Å²) in [5.41, 5.74) is 0.0840. The lowest BCUT2D eigenvalue weighted by Gasteiger charge is -2.60. The number of halogens is 2. The van der Waals surface area contributed by atoms with E-state index in [2.05, 4.69) is 14.9 Å². The van der Waals surface area contributed by atoms with E-state index in [1.807, 2.05) is 0 Å². The molecule has 10 heteroatoms. The standard InChI is InChI=1S/C16H22F2N4O3S/c1-11-13(3-19-14(20-11)15(2,17)18)26(23,24)22-9-16(10-22)7-21(8-16)4-12-5-25-6-12/h3,12H,4-10H2,1-2H3. The van der Waals surface area contributed by atoms with Gasteiger partial charge in [0, 0.05) is 51.0 Å². The van der Waals surface area contributed by atoms with Crippen molar-refractivity contribution in [1.29, 1.82) is 0 Å². The maximum Gasteiger partial charge on any atom is 0.303 e. The molecule has 0 N–H and O–H groups in total. The van der Waals surface area contributed by atoms with Crippen LogP contribution in [0.15, 0.2) is 11.1 Å². The van der Waals surface area contributed by atoms with E-state index in [0.29, 0.717) is 25.9 Å². The number of nitrogens with zero attached hydrogens (tertiary/aromatic N) is 4. The molecule has 144 valence electrons. The Bertz CT molecular complexity index is 809. The van der Waals surface area contributed by atoms with E-state index in [9.17, 15) is 17.2 Å². The number of aryl methyl sites for hydroxylation is 1. The molecule has 3 aliphatic heterocycles. The molecule has 7 nitrogen and oxygen atoms in total. The molecule has 1 spiro atoms. The highest BCUT2D eigenvalue weighted by Crippen LogP contribution is 2.42. The molecule has 3 saturated heterocycles. The average molecular weight is 388 g/mol. The summed E-state index contributed by atoms with van der Waals surface area (Å²) < 4.78 is 58.7. The summed E-state index contributed by atoms with van der Waals surface area (Å²) in [4.78, 5) is 9.50. The van der Waals surface area contributed by atoms with Crippen LogP contribution >= 0.6 is 0 Å². The zero-order valence-electron chi connectivity index (χ0n) is 14.8. The number of sulfonamides is 1. The normalized spacial score (nSPS) is 24.2. The summed E-state index contributed by atoms with van der Waals surface area (Å²) in [6.07, 6.45) is 0.999. The molecule has 0 aliphatic carbocycles. The van der Waals surface area contributed by atoms with Gasteiger partial charge in [0.05, 0.1) is 25.1 Å². The van der Waals surface area contributed by atoms with Crippen LogP contribution in [0.4, 0.5) is 8.78 Å². The zero-order valence-corrected chi connectivity index (χ0v) is 15.6. The van der Waals surface area contributed by atoms with Crippen molar-refractivity contribution in [2.45, 2.75) is 24.7 Å². The molecule has 0 unspecified atom stereocenters. The zero-order chi connectivity index (χ0) is 18.7. The Balaban J connectivity index is 1.40. The number of ether oxygens (including phenoxy) is 1. The predicted octanol–water partition coefficient (Wildman–Crippen LogP) is 0.849. The number of rotatable bonds is 5. The number of aromatic nitrogens is 2. The molecule has 0 bridgehead atoms. The van der Waals surface area contributed by atoms with Gasteiger partial charge in [0.25, 0.3) is 0 Å². The first-order chi connectivity index (χ1) is 12.1. The lowest BCUT2D eigenvalue weighted by Crippen LogP contribution is -2.73. The predicted molar refractivity (Wildman–Crippen MR) is 88.3 cm³/mol. The van der Waals surface area contributed by atoms with E-state index in [-0.39, 0.29) is 16.0 Å². The van der Waals surface area contributed by atoms with Crippen LogP contribution in [-0.2, 0) is 20.7 Å². The summed E-state index contributed by atoms with van der Waals surface area (Å²) in [6, 6.07) is 0. The molecule has 0 amide bonds. The third-order valence-electron chi connectivity index (χ3n) is 5.31. The monoisotopic (exact) mass is 388 g/mol. The Morgan fingerprint density at radius 1 is 1.31 bits per heavy atom. The average Bonchev–Trinajstić information content (AvgIpc) is 2.40. The summed E-state index contributed by atoms with van der Waals surface area (Å²) in [5.74, 6) is -3.26. The van der Waals surface area contributed by atoms with E-state index in [4.69, 9.17) is 4.74 Å². The van der Waals surface area contributed by atoms with Crippen molar-refractivity contribution < 1.29 is 21.9 Å². The lowest BCUT2D eigenvalue weighted by atomic mass is 9.74. The van der Waals surface area contributed by atoms with Gasteiger partial charge in [-0.25, -0.2) is 18.4 Å². The van der Waals surface area contributed by atoms with Crippen molar-refractivity contribution >= 4 is 10.0 Å². The summed E-state index contributed by atoms with van der Waals surface area (Å²) in [7, 11) is -3.75. The Kier molecular flexibility index (Phi) is 4.11. The van der Waals surface area contributed by atoms with Crippen LogP contribution in [0.25, 0.3) is 0 Å². The largest absolute Gasteiger partial charge is 0.381 e. The smallest absolute Gasteiger partial charge is 0.303 e. The minimum atomic E-state index is -3.75. The van der Waals surface area contributed by atoms with Crippen molar-refractivity contribution in [1.82, 2.24) is 19.2 Å². The molecule has 0 saturated carbocycles. The Labute approximate surface area is 151 Å². The molecule has 4 rings (SSSR count). The third kappa shape index (κ3) is 3.02. The van der Waals surface area contributed by atoms with Crippen molar-refractivity contribution in [3.05, 3.63) is 17.7 Å². The van der Waals surface area contributed by atoms with Crippen molar-refractivity contribution in [3.8, 4) is 0 Å². The van der Waals surface area contributed by atoms with Gasteiger partial charge in [0.15, 0.2) is 5.82 Å². The fraction of sp³-hybridized carbons (Fsp3) is 0.750. The highest BCUT2D eigenvalue weighted by atomic mass is 32.2. The second kappa shape index (κ2) is 5.88. The van der Waals surface area contributed by atoms with Crippen LogP contribution in [-0.4, -0.2) is 73.5 Å². The molecular weight excluding hydrogens is 366 g/mol. The van der Waals surface area contributed by atoms with E-state index in [1.165, 1.54) is 11.2 Å². The Morgan fingerprint density at radius 3 is 2.46 bits per heavy atom. The third-order valence-corrected chi connectivity index (χ3v) is 7.20. The molecule has 1 aromatic rings. The maximum atomic E-state index is 13.3. The fourth-order valence-corrected chi connectivity index (χ4v) is 5.69. The van der Waals surface area contributed by atoms with E-state index in [0.717, 1.165) is 39.0 Å². The molecule has 0 atom stereocenters. The van der Waals surface area contributed by atoms with E-state index < -0.39 is 21.8 Å². The van der Waals surface area contributed by atoms with Crippen LogP contribution < -0.4 is 0 Å². The first kappa shape index (κ1) is 18.1. The second-order valence-corrected chi connectivity index (χ2v) is 9.78. The lowest BCUT2D eigenvalue weighted by molar-refractivity contribution is -0.115. The van der Waals surface area contributed by atoms with Crippen LogP contribution in [0.5, 0.6) is 0 Å². The fourth-order valence-electron chi connectivity index (χ4n) is 3.92. The van der Waals surface area contributed by atoms with Crippen molar-refractivity contribution in [2.75, 3.05) is 45.9 Å². The van der Waals surface area contributed by atoms with Gasteiger partial charge in [-0.3, -0.25) is 0 Å². The maximum absolute atomic E-state index is 13.3. The summed E-state index contributed by atoms with van der Waals surface area (Å²) in [6.45, 7) is 7.45. The van der Waals surface area contributed by atoms with Crippen LogP contribution in [0.1, 0.15) is 18.4 Å². The SMILES string of the molecule is Cc1nc(C(C)(F)F)ncc1S(=O)(=O)N1CC2(CN(CC3COC3)C2)C1. The molecule has 3 fully saturated rings. The number of hydrogen-bond donors (Lipinski definition) is 0. The van der Waals surface area contributed by atoms with Crippen LogP contribution in [0.2, 0.25) is 0 Å². The molecule has 3 aliphatic rings. The first-order valence-corrected chi connectivity index (χ1v) is 10.1. The van der Waals surface area contributed by atoms with Crippen molar-refractivity contribution in [3.63, 3.8) is 0 Å². The van der Waals surface area contributed by atoms with Gasteiger partial charge in [0.2, 0.25) is 10.0 Å². The highest BCUT2D eigenvalue weighted by molar-refractivity contribution is 7.89. The van der Waals surface area contributed by atoms with Crippen LogP contribution in [0.3, 0.4) is 0 Å². The van der Waals surface area contributed by atoms with Gasteiger partial charge in [0.1, 0.15) is 4.90 Å². The number of hydrogen-bond acceptors (Lipinski definition) is 6. The summed E-state index contributed by atoms with van der Waals surface area (Å²) >= 11 is 0. The minimum Gasteiger partial charge on any atom is -0.381 e. The number of likely N-dealkylation sites (tertiary alicyclic amines) is 1. The van der Waals surface area contributed by atoms with Gasteiger partial charge in [-0.1, -0.05) is 0 Å². The molecule has 1 aromatic heterocycles. The van der Waals surface area contributed by atoms with Crippen molar-refractivity contribution in [2.24, 2.45) is 11.3 Å². The topological polar surface area (TPSA) is 75.6 Å². The van der Waals surface area contributed by atoms with Crippen LogP contribution in [0, 0.1) is 18.3 Å². The van der Waals surface area contributed by atoms with Gasteiger partial charge in [-0.2, -0.15) is 13.1 Å². The van der Waals surface area contributed by atoms with Gasteiger partial charge >= 0.3 is 5.92 Å². The van der Waals surface area contributed by atoms with E-state index >= 15 is 0 Å². The molecule has 0 radical (unpaired) electrons. The molecular formula is C16H22F2N4O3S. The summed E-state index contributed by atoms with van der Waals surface area (Å²) in [5, 5.41) is 0. The molecule has 4 heterocycles. The minimum absolute atomic E-state index is 0.0306. The Morgan fingerprint density at radius 2 is 1.96 bits per heavy atom. The van der Waals surface area contributed by atoms with Gasteiger partial charge in [-0.05, 0) is 6.92 Å². The first-order valence-electron chi connectivity index (χ1n) is 8.61. The molecule has 26 heavy (non-hydrogen) atoms. The Hall–Kier alpha value is -1.23. The van der Waals surface area contributed by atoms with Gasteiger partial charge in [-0.15, -0.1) is 0 Å². The quantitative estimate of drug-likeness (QED) is 0.745. The second-order valence-electron chi connectivity index (χ2n) is 7.88.